The van der Waals surface area contributed by atoms with E-state index in [1.807, 2.05) is 17.6 Å². The van der Waals surface area contributed by atoms with Crippen molar-refractivity contribution in [3.63, 3.8) is 0 Å². The quantitative estimate of drug-likeness (QED) is 0.309. The third-order valence-corrected chi connectivity index (χ3v) is 4.02. The number of phenols is 1. The topological polar surface area (TPSA) is 78.8 Å². The van der Waals surface area contributed by atoms with Crippen molar-refractivity contribution in [1.29, 1.82) is 0 Å². The van der Waals surface area contributed by atoms with Gasteiger partial charge in [-0.2, -0.15) is 0 Å². The zero-order valence-corrected chi connectivity index (χ0v) is 14.9. The van der Waals surface area contributed by atoms with Gasteiger partial charge in [0.15, 0.2) is 0 Å². The summed E-state index contributed by atoms with van der Waals surface area (Å²) in [5, 5.41) is 18.9. The Morgan fingerprint density at radius 1 is 1.08 bits per heavy atom. The summed E-state index contributed by atoms with van der Waals surface area (Å²) in [5.41, 5.74) is 4.99. The Hall–Kier alpha value is -1.59. The first-order valence-electron chi connectivity index (χ1n) is 8.98. The Morgan fingerprint density at radius 3 is 2.17 bits per heavy atom. The molecule has 1 aromatic carbocycles. The third-order valence-electron chi connectivity index (χ3n) is 4.02. The lowest BCUT2D eigenvalue weighted by Crippen LogP contribution is -2.18. The van der Waals surface area contributed by atoms with E-state index in [0.717, 1.165) is 55.2 Å². The number of esters is 1. The molecule has 5 heteroatoms. The largest absolute Gasteiger partial charge is 0.507 e. The number of phenolic OH excluding ortho intramolecular Hbond substituents is 1. The molecule has 0 fully saturated rings. The van der Waals surface area contributed by atoms with Gasteiger partial charge in [0, 0.05) is 6.42 Å². The summed E-state index contributed by atoms with van der Waals surface area (Å²) >= 11 is 0. The van der Waals surface area contributed by atoms with E-state index < -0.39 is 0 Å². The molecule has 0 amide bonds. The van der Waals surface area contributed by atoms with Crippen LogP contribution in [0.5, 0.6) is 5.75 Å². The Kier molecular flexibility index (Phi) is 10.1. The summed E-state index contributed by atoms with van der Waals surface area (Å²) in [7, 11) is 0. The Morgan fingerprint density at radius 2 is 1.67 bits per heavy atom. The number of benzene rings is 1. The molecule has 24 heavy (non-hydrogen) atoms. The molecule has 5 nitrogen and oxygen atoms in total. The number of rotatable bonds is 12. The van der Waals surface area contributed by atoms with Crippen LogP contribution in [-0.2, 0) is 28.8 Å². The van der Waals surface area contributed by atoms with E-state index in [2.05, 4.69) is 13.8 Å². The molecule has 136 valence electrons. The van der Waals surface area contributed by atoms with Crippen LogP contribution >= 0.6 is 0 Å². The average molecular weight is 337 g/mol. The van der Waals surface area contributed by atoms with Crippen LogP contribution in [0, 0.1) is 0 Å². The number of ether oxygens (including phenoxy) is 1. The molecule has 1 rings (SSSR count). The summed E-state index contributed by atoms with van der Waals surface area (Å²) in [5.74, 6) is 0.154. The fraction of sp³-hybridized carbons (Fsp3) is 0.632. The highest BCUT2D eigenvalue weighted by Gasteiger charge is 2.11. The van der Waals surface area contributed by atoms with Crippen molar-refractivity contribution < 1.29 is 19.8 Å². The zero-order valence-electron chi connectivity index (χ0n) is 14.9. The van der Waals surface area contributed by atoms with Crippen LogP contribution < -0.4 is 5.48 Å². The number of aryl methyl sites for hydroxylation is 3. The number of hydroxylamine groups is 1. The van der Waals surface area contributed by atoms with Gasteiger partial charge in [0.25, 0.3) is 0 Å². The second kappa shape index (κ2) is 11.9. The minimum absolute atomic E-state index is 0.161. The van der Waals surface area contributed by atoms with Gasteiger partial charge in [0.2, 0.25) is 0 Å². The van der Waals surface area contributed by atoms with Crippen molar-refractivity contribution in [2.45, 2.75) is 65.2 Å². The fourth-order valence-electron chi connectivity index (χ4n) is 2.62. The minimum Gasteiger partial charge on any atom is -0.507 e. The highest BCUT2D eigenvalue weighted by atomic mass is 16.5. The van der Waals surface area contributed by atoms with Crippen molar-refractivity contribution in [3.8, 4) is 5.75 Å². The van der Waals surface area contributed by atoms with Gasteiger partial charge >= 0.3 is 5.97 Å². The van der Waals surface area contributed by atoms with Gasteiger partial charge in [-0.25, -0.2) is 5.48 Å². The second-order valence-corrected chi connectivity index (χ2v) is 6.10. The lowest BCUT2D eigenvalue weighted by molar-refractivity contribution is -0.143. The number of unbranched alkanes of at least 4 members (excludes halogenated alkanes) is 2. The molecular formula is C19H31NO4. The van der Waals surface area contributed by atoms with Crippen LogP contribution in [0.3, 0.4) is 0 Å². The predicted octanol–water partition coefficient (Wildman–Crippen LogP) is 3.53. The first kappa shape index (κ1) is 20.5. The smallest absolute Gasteiger partial charge is 0.306 e. The molecule has 0 saturated carbocycles. The molecule has 0 aromatic heterocycles. The van der Waals surface area contributed by atoms with Gasteiger partial charge in [-0.05, 0) is 48.8 Å². The molecule has 0 bridgehead atoms. The van der Waals surface area contributed by atoms with Crippen LogP contribution in [0.25, 0.3) is 0 Å². The van der Waals surface area contributed by atoms with Crippen LogP contribution in [0.1, 0.15) is 62.6 Å². The molecule has 0 aliphatic carbocycles. The van der Waals surface area contributed by atoms with E-state index in [1.54, 1.807) is 0 Å². The van der Waals surface area contributed by atoms with E-state index in [9.17, 15) is 9.90 Å². The Balaban J connectivity index is 2.75. The molecule has 0 aliphatic heterocycles. The maximum Gasteiger partial charge on any atom is 0.306 e. The molecule has 0 aliphatic rings. The first-order chi connectivity index (χ1) is 11.6. The SMILES string of the molecule is CCCCc1cc(CCC(=O)OCCNO)cc(CCCC)c1O. The molecule has 0 heterocycles. The van der Waals surface area contributed by atoms with Gasteiger partial charge < -0.3 is 15.1 Å². The molecule has 3 N–H and O–H groups in total. The van der Waals surface area contributed by atoms with Crippen molar-refractivity contribution in [2.24, 2.45) is 0 Å². The number of carbonyl (C=O) groups is 1. The van der Waals surface area contributed by atoms with Crippen molar-refractivity contribution in [1.82, 2.24) is 5.48 Å². The van der Waals surface area contributed by atoms with E-state index in [1.165, 1.54) is 0 Å². The first-order valence-corrected chi connectivity index (χ1v) is 8.98. The normalized spacial score (nSPS) is 10.8. The number of hydrogen-bond donors (Lipinski definition) is 3. The van der Waals surface area contributed by atoms with Crippen LogP contribution in [-0.4, -0.2) is 29.4 Å². The maximum atomic E-state index is 11.7. The van der Waals surface area contributed by atoms with E-state index >= 15 is 0 Å². The minimum atomic E-state index is -0.274. The predicted molar refractivity (Wildman–Crippen MR) is 94.4 cm³/mol. The number of nitrogens with one attached hydrogen (secondary N) is 1. The molecular weight excluding hydrogens is 306 g/mol. The van der Waals surface area contributed by atoms with Crippen molar-refractivity contribution >= 4 is 5.97 Å². The number of aromatic hydroxyl groups is 1. The van der Waals surface area contributed by atoms with E-state index in [-0.39, 0.29) is 19.1 Å². The lowest BCUT2D eigenvalue weighted by Gasteiger charge is -2.13. The van der Waals surface area contributed by atoms with Crippen molar-refractivity contribution in [3.05, 3.63) is 28.8 Å². The summed E-state index contributed by atoms with van der Waals surface area (Å²) in [6, 6.07) is 4.03. The van der Waals surface area contributed by atoms with Gasteiger partial charge in [0.1, 0.15) is 12.4 Å². The number of hydrogen-bond acceptors (Lipinski definition) is 5. The average Bonchev–Trinajstić information content (AvgIpc) is 2.58. The van der Waals surface area contributed by atoms with Crippen LogP contribution in [0.4, 0.5) is 0 Å². The number of carbonyl (C=O) groups excluding carboxylic acids is 1. The third kappa shape index (κ3) is 7.32. The summed E-state index contributed by atoms with van der Waals surface area (Å²) < 4.78 is 5.01. The summed E-state index contributed by atoms with van der Waals surface area (Å²) in [6.45, 7) is 4.66. The molecule has 0 saturated heterocycles. The molecule has 0 spiro atoms. The fourth-order valence-corrected chi connectivity index (χ4v) is 2.62. The lowest BCUT2D eigenvalue weighted by atomic mass is 9.95. The van der Waals surface area contributed by atoms with Crippen LogP contribution in [0.2, 0.25) is 0 Å². The second-order valence-electron chi connectivity index (χ2n) is 6.10. The van der Waals surface area contributed by atoms with Gasteiger partial charge in [0.05, 0.1) is 6.54 Å². The zero-order chi connectivity index (χ0) is 17.8. The standard InChI is InChI=1S/C19H31NO4/c1-3-5-7-16-13-15(9-10-18(21)24-12-11-20-23)14-17(19(16)22)8-6-4-2/h13-14,20,22-23H,3-12H2,1-2H3. The maximum absolute atomic E-state index is 11.7. The molecule has 0 atom stereocenters. The van der Waals surface area contributed by atoms with Gasteiger partial charge in [-0.15, -0.1) is 0 Å². The van der Waals surface area contributed by atoms with Gasteiger partial charge in [-0.3, -0.25) is 4.79 Å². The van der Waals surface area contributed by atoms with Gasteiger partial charge in [-0.1, -0.05) is 38.8 Å². The summed E-state index contributed by atoms with van der Waals surface area (Å²) in [4.78, 5) is 11.7. The Labute approximate surface area is 145 Å². The monoisotopic (exact) mass is 337 g/mol. The Bertz CT molecular complexity index is 473. The highest BCUT2D eigenvalue weighted by Crippen LogP contribution is 2.28. The molecule has 1 aromatic rings. The van der Waals surface area contributed by atoms with E-state index in [4.69, 9.17) is 9.94 Å². The van der Waals surface area contributed by atoms with Crippen LogP contribution in [0.15, 0.2) is 12.1 Å². The highest BCUT2D eigenvalue weighted by molar-refractivity contribution is 5.69. The van der Waals surface area contributed by atoms with Crippen molar-refractivity contribution in [2.75, 3.05) is 13.2 Å². The molecule has 0 radical (unpaired) electrons. The van der Waals surface area contributed by atoms with E-state index in [0.29, 0.717) is 18.6 Å². The molecule has 0 unspecified atom stereocenters. The summed E-state index contributed by atoms with van der Waals surface area (Å²) in [6.07, 6.45) is 6.88.